The molecule has 1 aromatic heterocycles. The summed E-state index contributed by atoms with van der Waals surface area (Å²) in [4.78, 5) is 25.9. The monoisotopic (exact) mass is 535 g/mol. The van der Waals surface area contributed by atoms with E-state index in [1.807, 2.05) is 25.2 Å². The Morgan fingerprint density at radius 2 is 1.91 bits per heavy atom. The van der Waals surface area contributed by atoms with Crippen molar-refractivity contribution in [1.82, 2.24) is 5.16 Å². The number of likely N-dealkylation sites (N-methyl/N-ethyl adjacent to an activating group) is 1. The number of carbonyl (C=O) groups excluding carboxylic acids is 2. The third kappa shape index (κ3) is 5.87. The van der Waals surface area contributed by atoms with Crippen LogP contribution in [0.4, 0.5) is 5.82 Å². The van der Waals surface area contributed by atoms with Gasteiger partial charge in [0.1, 0.15) is 12.3 Å². The molecule has 2 aliphatic rings. The average Bonchev–Trinajstić information content (AvgIpc) is 3.38. The molecule has 1 aliphatic heterocycles. The molecular weight excluding hydrogens is 502 g/mol. The zero-order chi connectivity index (χ0) is 23.5. The Morgan fingerprint density at radius 3 is 2.56 bits per heavy atom. The largest absolute Gasteiger partial charge is 1.00 e. The van der Waals surface area contributed by atoms with Gasteiger partial charge in [-0.15, -0.1) is 0 Å². The highest BCUT2D eigenvalue weighted by Crippen LogP contribution is 2.41. The minimum Gasteiger partial charge on any atom is -1.00 e. The maximum absolute atomic E-state index is 13.4. The summed E-state index contributed by atoms with van der Waals surface area (Å²) in [6.45, 7) is 3.23. The summed E-state index contributed by atoms with van der Waals surface area (Å²) in [6.07, 6.45) is 5.06. The zero-order valence-corrected chi connectivity index (χ0v) is 21.4. The van der Waals surface area contributed by atoms with Crippen molar-refractivity contribution in [1.29, 1.82) is 0 Å². The summed E-state index contributed by atoms with van der Waals surface area (Å²) in [7, 11) is 1.98. The van der Waals surface area contributed by atoms with Gasteiger partial charge in [0, 0.05) is 18.4 Å². The maximum atomic E-state index is 13.4. The van der Waals surface area contributed by atoms with Gasteiger partial charge in [0.05, 0.1) is 13.6 Å². The molecule has 0 bridgehead atoms. The number of nitrogens with zero attached hydrogens (tertiary/aromatic N) is 2. The first-order chi connectivity index (χ1) is 15.8. The summed E-state index contributed by atoms with van der Waals surface area (Å²) in [6, 6.07) is 10.8. The fourth-order valence-electron chi connectivity index (χ4n) is 5.30. The predicted molar refractivity (Wildman–Crippen MR) is 122 cm³/mol. The van der Waals surface area contributed by atoms with E-state index >= 15 is 0 Å². The van der Waals surface area contributed by atoms with Gasteiger partial charge in [-0.1, -0.05) is 54.8 Å². The van der Waals surface area contributed by atoms with Gasteiger partial charge in [-0.25, -0.2) is 4.79 Å². The van der Waals surface area contributed by atoms with Crippen LogP contribution in [0, 0.1) is 12.8 Å². The molecule has 2 fully saturated rings. The van der Waals surface area contributed by atoms with Gasteiger partial charge in [0.25, 0.3) is 5.91 Å². The van der Waals surface area contributed by atoms with Crippen molar-refractivity contribution in [3.8, 4) is 0 Å². The third-order valence-electron chi connectivity index (χ3n) is 7.05. The van der Waals surface area contributed by atoms with Crippen LogP contribution in [0.25, 0.3) is 0 Å². The molecule has 1 aromatic carbocycles. The molecule has 2 unspecified atom stereocenters. The summed E-state index contributed by atoms with van der Waals surface area (Å²) in [5.41, 5.74) is -1.05. The second-order valence-electron chi connectivity index (χ2n) is 9.84. The number of nitrogens with one attached hydrogen (secondary N) is 1. The fraction of sp³-hybridized carbons (Fsp3) is 0.560. The second-order valence-corrected chi connectivity index (χ2v) is 9.84. The van der Waals surface area contributed by atoms with E-state index in [1.54, 1.807) is 25.1 Å². The number of halogens is 1. The Hall–Kier alpha value is -2.23. The first-order valence-electron chi connectivity index (χ1n) is 11.8. The van der Waals surface area contributed by atoms with Gasteiger partial charge in [0.15, 0.2) is 24.1 Å². The van der Waals surface area contributed by atoms with Gasteiger partial charge in [-0.3, -0.25) is 4.79 Å². The van der Waals surface area contributed by atoms with Crippen LogP contribution < -0.4 is 22.3 Å². The highest BCUT2D eigenvalue weighted by atomic mass is 79.9. The van der Waals surface area contributed by atoms with E-state index in [1.165, 1.54) is 0 Å². The Balaban J connectivity index is 0.00000324. The Labute approximate surface area is 211 Å². The predicted octanol–water partition coefficient (Wildman–Crippen LogP) is 0.156. The number of carbonyl (C=O) groups is 2. The topological polar surface area (TPSA) is 102 Å². The molecule has 1 aliphatic carbocycles. The number of hydrogen-bond acceptors (Lipinski definition) is 6. The van der Waals surface area contributed by atoms with Crippen molar-refractivity contribution in [3.63, 3.8) is 0 Å². The van der Waals surface area contributed by atoms with Gasteiger partial charge in [-0.05, 0) is 25.3 Å². The Morgan fingerprint density at radius 1 is 1.21 bits per heavy atom. The second kappa shape index (κ2) is 11.0. The van der Waals surface area contributed by atoms with E-state index < -0.39 is 11.6 Å². The number of likely N-dealkylation sites (tertiary alicyclic amines) is 1. The number of esters is 1. The van der Waals surface area contributed by atoms with Crippen LogP contribution in [-0.4, -0.2) is 59.4 Å². The number of amides is 1. The SMILES string of the molecule is Cc1cc(NC(=O)C[N@+]2(C)CCC(OC(=O)C(O)(c3ccccc3)C3CCCCC3)C2)no1.[Br-]. The number of ether oxygens (including phenoxy) is 1. The van der Waals surface area contributed by atoms with E-state index in [0.717, 1.165) is 32.1 Å². The van der Waals surface area contributed by atoms with Crippen molar-refractivity contribution in [3.05, 3.63) is 47.7 Å². The number of anilines is 1. The average molecular weight is 536 g/mol. The number of aryl methyl sites for hydroxylation is 1. The molecule has 34 heavy (non-hydrogen) atoms. The van der Waals surface area contributed by atoms with Crippen molar-refractivity contribution >= 4 is 17.7 Å². The summed E-state index contributed by atoms with van der Waals surface area (Å²) in [5, 5.41) is 18.3. The molecule has 0 radical (unpaired) electrons. The summed E-state index contributed by atoms with van der Waals surface area (Å²) >= 11 is 0. The van der Waals surface area contributed by atoms with Gasteiger partial charge in [-0.2, -0.15) is 0 Å². The summed E-state index contributed by atoms with van der Waals surface area (Å²) < 4.78 is 11.4. The number of quaternary nitrogens is 1. The molecule has 3 atom stereocenters. The first kappa shape index (κ1) is 26.4. The van der Waals surface area contributed by atoms with Gasteiger partial charge < -0.3 is 41.1 Å². The molecule has 2 heterocycles. The smallest absolute Gasteiger partial charge is 0.343 e. The van der Waals surface area contributed by atoms with E-state index in [9.17, 15) is 14.7 Å². The van der Waals surface area contributed by atoms with Crippen LogP contribution >= 0.6 is 0 Å². The Kier molecular flexibility index (Phi) is 8.54. The molecule has 1 saturated heterocycles. The van der Waals surface area contributed by atoms with E-state index in [-0.39, 0.29) is 41.5 Å². The first-order valence-corrected chi connectivity index (χ1v) is 11.8. The van der Waals surface area contributed by atoms with E-state index in [0.29, 0.717) is 41.1 Å². The van der Waals surface area contributed by atoms with Crippen molar-refractivity contribution in [2.75, 3.05) is 32.0 Å². The number of aromatic nitrogens is 1. The molecule has 1 amide bonds. The standard InChI is InChI=1S/C25H33N3O5.BrH/c1-18-15-22(27-33-18)26-23(29)17-28(2)14-13-21(16-28)32-24(30)25(31,19-9-5-3-6-10-19)20-11-7-4-8-12-20;/h3,5-6,9-10,15,20-21,31H,4,7-8,11-14,16-17H2,1-2H3;1H/t21?,25?,28-;/m1./s1. The highest BCUT2D eigenvalue weighted by Gasteiger charge is 2.49. The lowest BCUT2D eigenvalue weighted by molar-refractivity contribution is -0.890. The van der Waals surface area contributed by atoms with Crippen LogP contribution in [0.15, 0.2) is 40.9 Å². The quantitative estimate of drug-likeness (QED) is 0.386. The minimum absolute atomic E-state index is 0. The van der Waals surface area contributed by atoms with Crippen molar-refractivity contribution in [2.24, 2.45) is 5.92 Å². The minimum atomic E-state index is -1.64. The molecule has 186 valence electrons. The molecule has 2 aromatic rings. The normalized spacial score (nSPS) is 24.6. The molecule has 4 rings (SSSR count). The molecule has 0 spiro atoms. The van der Waals surface area contributed by atoms with E-state index in [2.05, 4.69) is 10.5 Å². The van der Waals surface area contributed by atoms with Gasteiger partial charge >= 0.3 is 5.97 Å². The van der Waals surface area contributed by atoms with Crippen LogP contribution in [0.2, 0.25) is 0 Å². The molecule has 1 saturated carbocycles. The third-order valence-corrected chi connectivity index (χ3v) is 7.05. The van der Waals surface area contributed by atoms with Gasteiger partial charge in [0.2, 0.25) is 0 Å². The number of benzene rings is 1. The Bertz CT molecular complexity index is 978. The molecule has 9 heteroatoms. The lowest BCUT2D eigenvalue weighted by Crippen LogP contribution is -3.00. The number of rotatable bonds is 7. The van der Waals surface area contributed by atoms with Crippen molar-refractivity contribution < 1.29 is 45.4 Å². The number of aliphatic hydroxyl groups is 1. The van der Waals surface area contributed by atoms with Crippen LogP contribution in [0.3, 0.4) is 0 Å². The zero-order valence-electron chi connectivity index (χ0n) is 19.8. The van der Waals surface area contributed by atoms with Crippen LogP contribution in [0.1, 0.15) is 49.8 Å². The van der Waals surface area contributed by atoms with Crippen molar-refractivity contribution in [2.45, 2.75) is 57.2 Å². The lowest BCUT2D eigenvalue weighted by atomic mass is 9.73. The van der Waals surface area contributed by atoms with Crippen LogP contribution in [0.5, 0.6) is 0 Å². The highest BCUT2D eigenvalue weighted by molar-refractivity contribution is 5.90. The molecular formula is C25H34BrN3O5. The maximum Gasteiger partial charge on any atom is 0.343 e. The fourth-order valence-corrected chi connectivity index (χ4v) is 5.30. The molecule has 2 N–H and O–H groups in total. The number of hydrogen-bond donors (Lipinski definition) is 2. The summed E-state index contributed by atoms with van der Waals surface area (Å²) in [5.74, 6) is 0.136. The van der Waals surface area contributed by atoms with E-state index in [4.69, 9.17) is 9.26 Å². The lowest BCUT2D eigenvalue weighted by Gasteiger charge is -2.37. The molecule has 8 nitrogen and oxygen atoms in total. The van der Waals surface area contributed by atoms with Crippen LogP contribution in [-0.2, 0) is 19.9 Å².